The Bertz CT molecular complexity index is 931. The Morgan fingerprint density at radius 3 is 2.46 bits per heavy atom. The first-order chi connectivity index (χ1) is 12.8. The Labute approximate surface area is 156 Å². The van der Waals surface area contributed by atoms with Crippen molar-refractivity contribution in [2.24, 2.45) is 0 Å². The van der Waals surface area contributed by atoms with E-state index in [0.717, 1.165) is 15.9 Å². The largest absolute Gasteiger partial charge is 0.368 e. The Hall–Kier alpha value is -3.00. The minimum atomic E-state index is 0.268. The minimum absolute atomic E-state index is 0.268. The van der Waals surface area contributed by atoms with Crippen molar-refractivity contribution >= 4 is 39.1 Å². The van der Waals surface area contributed by atoms with E-state index in [1.54, 1.807) is 11.3 Å². The van der Waals surface area contributed by atoms with Crippen LogP contribution in [-0.2, 0) is 0 Å². The number of thiophene rings is 1. The fourth-order valence-electron chi connectivity index (χ4n) is 2.13. The summed E-state index contributed by atoms with van der Waals surface area (Å²) >= 11 is 1.54. The number of aromatic nitrogens is 5. The molecule has 26 heavy (non-hydrogen) atoms. The van der Waals surface area contributed by atoms with Gasteiger partial charge in [0.25, 0.3) is 0 Å². The van der Waals surface area contributed by atoms with E-state index in [1.165, 1.54) is 11.0 Å². The molecule has 8 heteroatoms. The summed E-state index contributed by atoms with van der Waals surface area (Å²) in [6.07, 6.45) is 1.50. The van der Waals surface area contributed by atoms with E-state index in [9.17, 15) is 0 Å². The van der Waals surface area contributed by atoms with E-state index in [0.29, 0.717) is 11.8 Å². The Balaban J connectivity index is 0.000000570. The second kappa shape index (κ2) is 9.47. The van der Waals surface area contributed by atoms with Gasteiger partial charge < -0.3 is 11.1 Å². The van der Waals surface area contributed by atoms with Gasteiger partial charge in [-0.1, -0.05) is 45.9 Å². The maximum Gasteiger partial charge on any atom is 0.248 e. The molecule has 0 saturated heterocycles. The normalized spacial score (nSPS) is 9.69. The highest BCUT2D eigenvalue weighted by Crippen LogP contribution is 2.24. The van der Waals surface area contributed by atoms with Gasteiger partial charge in [-0.05, 0) is 23.6 Å². The van der Waals surface area contributed by atoms with Crippen molar-refractivity contribution < 1.29 is 0 Å². The maximum atomic E-state index is 5.98. The van der Waals surface area contributed by atoms with Crippen molar-refractivity contribution in [2.75, 3.05) is 11.1 Å². The van der Waals surface area contributed by atoms with E-state index < -0.39 is 0 Å². The van der Waals surface area contributed by atoms with Gasteiger partial charge in [0.2, 0.25) is 11.9 Å². The highest BCUT2D eigenvalue weighted by Gasteiger charge is 2.13. The molecule has 0 fully saturated rings. The van der Waals surface area contributed by atoms with Crippen LogP contribution in [-0.4, -0.2) is 24.7 Å². The summed E-state index contributed by atoms with van der Waals surface area (Å²) in [5, 5.41) is 10.4. The number of nitrogen functional groups attached to an aromatic ring is 1. The number of nitrogens with zero attached hydrogens (tertiary/aromatic N) is 5. The quantitative estimate of drug-likeness (QED) is 0.546. The van der Waals surface area contributed by atoms with Gasteiger partial charge in [0.1, 0.15) is 11.2 Å². The molecule has 0 spiro atoms. The third-order valence-corrected chi connectivity index (χ3v) is 3.92. The van der Waals surface area contributed by atoms with E-state index in [-0.39, 0.29) is 5.95 Å². The molecule has 0 aliphatic rings. The zero-order valence-electron chi connectivity index (χ0n) is 15.3. The maximum absolute atomic E-state index is 5.98. The number of hydrogen-bond acceptors (Lipinski definition) is 7. The number of nitrogens with one attached hydrogen (secondary N) is 1. The van der Waals surface area contributed by atoms with Gasteiger partial charge in [-0.25, -0.2) is 9.97 Å². The number of benzene rings is 1. The Morgan fingerprint density at radius 2 is 1.73 bits per heavy atom. The van der Waals surface area contributed by atoms with E-state index in [4.69, 9.17) is 5.73 Å². The van der Waals surface area contributed by atoms with E-state index in [2.05, 4.69) is 25.4 Å². The molecule has 4 rings (SSSR count). The van der Waals surface area contributed by atoms with Gasteiger partial charge in [0.05, 0.1) is 5.39 Å². The summed E-state index contributed by atoms with van der Waals surface area (Å²) in [6.45, 7) is 8.00. The molecule has 0 radical (unpaired) electrons. The predicted octanol–water partition coefficient (Wildman–Crippen LogP) is 4.65. The molecule has 136 valence electrons. The van der Waals surface area contributed by atoms with Gasteiger partial charge in [-0.3, -0.25) is 0 Å². The summed E-state index contributed by atoms with van der Waals surface area (Å²) < 4.78 is 1.52. The standard InChI is InChI=1S/C14H11N7S.2C2H6/c15-13-19-14(18-9-4-2-1-3-5-9)20-21(13)11-10-6-7-22-12(10)17-8-16-11;2*1-2/h1-8H,(H3,15,18,19,20);2*1-2H3. The molecule has 0 aliphatic carbocycles. The van der Waals surface area contributed by atoms with Crippen LogP contribution in [0, 0.1) is 0 Å². The molecule has 1 aromatic carbocycles. The van der Waals surface area contributed by atoms with Gasteiger partial charge in [-0.15, -0.1) is 16.4 Å². The molecule has 0 unspecified atom stereocenters. The van der Waals surface area contributed by atoms with Crippen molar-refractivity contribution in [2.45, 2.75) is 27.7 Å². The summed E-state index contributed by atoms with van der Waals surface area (Å²) in [7, 11) is 0. The van der Waals surface area contributed by atoms with E-state index >= 15 is 0 Å². The first-order valence-corrected chi connectivity index (χ1v) is 9.42. The molecular weight excluding hydrogens is 346 g/mol. The molecule has 0 saturated carbocycles. The number of para-hydroxylation sites is 1. The Morgan fingerprint density at radius 1 is 1.00 bits per heavy atom. The summed E-state index contributed by atoms with van der Waals surface area (Å²) in [6, 6.07) is 11.6. The van der Waals surface area contributed by atoms with Crippen molar-refractivity contribution in [3.63, 3.8) is 0 Å². The van der Waals surface area contributed by atoms with Crippen LogP contribution in [0.2, 0.25) is 0 Å². The predicted molar refractivity (Wildman–Crippen MR) is 109 cm³/mol. The van der Waals surface area contributed by atoms with Crippen LogP contribution in [0.3, 0.4) is 0 Å². The zero-order chi connectivity index (χ0) is 18.9. The van der Waals surface area contributed by atoms with Gasteiger partial charge in [-0.2, -0.15) is 9.67 Å². The Kier molecular flexibility index (Phi) is 7.04. The molecule has 7 nitrogen and oxygen atoms in total. The number of hydrogen-bond donors (Lipinski definition) is 2. The fourth-order valence-corrected chi connectivity index (χ4v) is 2.86. The molecule has 3 heterocycles. The van der Waals surface area contributed by atoms with Crippen LogP contribution in [0.25, 0.3) is 16.0 Å². The lowest BCUT2D eigenvalue weighted by Gasteiger charge is -2.02. The first-order valence-electron chi connectivity index (χ1n) is 8.54. The van der Waals surface area contributed by atoms with Crippen LogP contribution in [0.15, 0.2) is 48.1 Å². The second-order valence-corrected chi connectivity index (χ2v) is 5.43. The van der Waals surface area contributed by atoms with Gasteiger partial charge >= 0.3 is 0 Å². The van der Waals surface area contributed by atoms with Crippen LogP contribution >= 0.6 is 11.3 Å². The third-order valence-electron chi connectivity index (χ3n) is 3.10. The van der Waals surface area contributed by atoms with Crippen molar-refractivity contribution in [3.05, 3.63) is 48.1 Å². The monoisotopic (exact) mass is 369 g/mol. The number of anilines is 3. The molecule has 0 aliphatic heterocycles. The van der Waals surface area contributed by atoms with E-state index in [1.807, 2.05) is 69.5 Å². The molecule has 0 atom stereocenters. The average Bonchev–Trinajstić information content (AvgIpc) is 3.32. The van der Waals surface area contributed by atoms with Gasteiger partial charge in [0.15, 0.2) is 5.82 Å². The fraction of sp³-hybridized carbons (Fsp3) is 0.222. The lowest BCUT2D eigenvalue weighted by molar-refractivity contribution is 0.864. The second-order valence-electron chi connectivity index (χ2n) is 4.53. The smallest absolute Gasteiger partial charge is 0.248 e. The topological polar surface area (TPSA) is 94.5 Å². The summed E-state index contributed by atoms with van der Waals surface area (Å²) in [5.74, 6) is 1.31. The van der Waals surface area contributed by atoms with Crippen molar-refractivity contribution in [1.29, 1.82) is 0 Å². The number of rotatable bonds is 3. The van der Waals surface area contributed by atoms with Crippen molar-refractivity contribution in [1.82, 2.24) is 24.7 Å². The van der Waals surface area contributed by atoms with Crippen LogP contribution in [0.4, 0.5) is 17.6 Å². The molecule has 4 aromatic rings. The molecule has 0 amide bonds. The van der Waals surface area contributed by atoms with Gasteiger partial charge in [0, 0.05) is 5.69 Å². The third kappa shape index (κ3) is 4.15. The number of nitrogens with two attached hydrogens (primary N) is 1. The summed E-state index contributed by atoms with van der Waals surface area (Å²) in [4.78, 5) is 13.6. The number of fused-ring (bicyclic) bond motifs is 1. The lowest BCUT2D eigenvalue weighted by atomic mass is 10.3. The summed E-state index contributed by atoms with van der Waals surface area (Å²) in [5.41, 5.74) is 6.87. The highest BCUT2D eigenvalue weighted by molar-refractivity contribution is 7.16. The zero-order valence-corrected chi connectivity index (χ0v) is 16.2. The van der Waals surface area contributed by atoms with Crippen molar-refractivity contribution in [3.8, 4) is 5.82 Å². The SMILES string of the molecule is CC.CC.Nc1nc(Nc2ccccc2)nn1-c1ncnc2sccc12. The van der Waals surface area contributed by atoms with Crippen LogP contribution in [0.5, 0.6) is 0 Å². The minimum Gasteiger partial charge on any atom is -0.368 e. The van der Waals surface area contributed by atoms with Crippen LogP contribution < -0.4 is 11.1 Å². The molecule has 3 N–H and O–H groups in total. The average molecular weight is 369 g/mol. The van der Waals surface area contributed by atoms with Crippen LogP contribution in [0.1, 0.15) is 27.7 Å². The molecule has 0 bridgehead atoms. The molecule has 3 aromatic heterocycles. The first kappa shape index (κ1) is 19.3. The molecular formula is C18H23N7S. The lowest BCUT2D eigenvalue weighted by Crippen LogP contribution is -2.05. The highest BCUT2D eigenvalue weighted by atomic mass is 32.1.